The lowest BCUT2D eigenvalue weighted by Gasteiger charge is -2.04. The molecule has 0 fully saturated rings. The Morgan fingerprint density at radius 2 is 2.35 bits per heavy atom. The maximum Gasteiger partial charge on any atom is 0.156 e. The van der Waals surface area contributed by atoms with Crippen LogP contribution >= 0.6 is 38.9 Å². The molecule has 0 radical (unpaired) electrons. The Morgan fingerprint density at radius 1 is 1.59 bits per heavy atom. The van der Waals surface area contributed by atoms with Crippen molar-refractivity contribution in [2.75, 3.05) is 13.6 Å². The normalized spacial score (nSPS) is 11.1. The summed E-state index contributed by atoms with van der Waals surface area (Å²) in [6, 6.07) is 2.06. The average Bonchev–Trinajstić information content (AvgIpc) is 2.81. The standard InChI is InChI=1S/C11H13BrClN3S/c1-14-4-3-9-15-11(13)10(16(9)2)8-5-7(12)6-17-8/h5-6,14H,3-4H2,1-2H3. The summed E-state index contributed by atoms with van der Waals surface area (Å²) in [5.74, 6) is 1.00. The minimum Gasteiger partial charge on any atom is -0.329 e. The molecule has 0 aliphatic rings. The number of aromatic nitrogens is 2. The van der Waals surface area contributed by atoms with E-state index in [2.05, 4.69) is 36.9 Å². The van der Waals surface area contributed by atoms with Crippen molar-refractivity contribution >= 4 is 38.9 Å². The number of thiophene rings is 1. The maximum absolute atomic E-state index is 6.21. The van der Waals surface area contributed by atoms with Gasteiger partial charge in [0.05, 0.1) is 10.6 Å². The third kappa shape index (κ3) is 2.73. The highest BCUT2D eigenvalue weighted by Gasteiger charge is 2.15. The van der Waals surface area contributed by atoms with Crippen molar-refractivity contribution in [2.45, 2.75) is 6.42 Å². The molecule has 0 saturated carbocycles. The van der Waals surface area contributed by atoms with E-state index in [1.807, 2.05) is 19.5 Å². The van der Waals surface area contributed by atoms with Crippen molar-refractivity contribution in [3.8, 4) is 10.6 Å². The van der Waals surface area contributed by atoms with Gasteiger partial charge in [0.25, 0.3) is 0 Å². The topological polar surface area (TPSA) is 29.9 Å². The molecule has 92 valence electrons. The first kappa shape index (κ1) is 13.1. The van der Waals surface area contributed by atoms with Crippen molar-refractivity contribution in [1.29, 1.82) is 0 Å². The maximum atomic E-state index is 6.21. The van der Waals surface area contributed by atoms with Crippen molar-refractivity contribution in [1.82, 2.24) is 14.9 Å². The zero-order chi connectivity index (χ0) is 12.4. The first-order chi connectivity index (χ1) is 8.13. The molecule has 2 heterocycles. The number of imidazole rings is 1. The molecular formula is C11H13BrClN3S. The van der Waals surface area contributed by atoms with Gasteiger partial charge in [-0.15, -0.1) is 11.3 Å². The van der Waals surface area contributed by atoms with Crippen LogP contribution in [0.25, 0.3) is 10.6 Å². The number of hydrogen-bond donors (Lipinski definition) is 1. The summed E-state index contributed by atoms with van der Waals surface area (Å²) in [6.45, 7) is 0.898. The van der Waals surface area contributed by atoms with Crippen LogP contribution in [-0.2, 0) is 13.5 Å². The Labute approximate surface area is 118 Å². The highest BCUT2D eigenvalue weighted by molar-refractivity contribution is 9.10. The second-order valence-electron chi connectivity index (χ2n) is 3.71. The summed E-state index contributed by atoms with van der Waals surface area (Å²) in [7, 11) is 3.94. The van der Waals surface area contributed by atoms with E-state index in [-0.39, 0.29) is 0 Å². The number of nitrogens with one attached hydrogen (secondary N) is 1. The number of rotatable bonds is 4. The Hall–Kier alpha value is -0.360. The van der Waals surface area contributed by atoms with Crippen LogP contribution in [0.15, 0.2) is 15.9 Å². The quantitative estimate of drug-likeness (QED) is 0.929. The van der Waals surface area contributed by atoms with Gasteiger partial charge in [0, 0.05) is 29.9 Å². The predicted octanol–water partition coefficient (Wildman–Crippen LogP) is 3.33. The first-order valence-electron chi connectivity index (χ1n) is 5.23. The third-order valence-electron chi connectivity index (χ3n) is 2.54. The van der Waals surface area contributed by atoms with Gasteiger partial charge < -0.3 is 9.88 Å². The molecule has 0 atom stereocenters. The van der Waals surface area contributed by atoms with Crippen LogP contribution in [0.4, 0.5) is 0 Å². The van der Waals surface area contributed by atoms with Crippen LogP contribution in [0.3, 0.4) is 0 Å². The Morgan fingerprint density at radius 3 is 2.94 bits per heavy atom. The predicted molar refractivity (Wildman–Crippen MR) is 76.9 cm³/mol. The lowest BCUT2D eigenvalue weighted by molar-refractivity contribution is 0.720. The Kier molecular flexibility index (Phi) is 4.25. The van der Waals surface area contributed by atoms with E-state index in [1.54, 1.807) is 11.3 Å². The zero-order valence-electron chi connectivity index (χ0n) is 9.63. The lowest BCUT2D eigenvalue weighted by Crippen LogP contribution is -2.13. The highest BCUT2D eigenvalue weighted by Crippen LogP contribution is 2.34. The van der Waals surface area contributed by atoms with Gasteiger partial charge in [-0.25, -0.2) is 4.98 Å². The summed E-state index contributed by atoms with van der Waals surface area (Å²) in [5.41, 5.74) is 0.994. The van der Waals surface area contributed by atoms with E-state index in [1.165, 1.54) is 0 Å². The van der Waals surface area contributed by atoms with Gasteiger partial charge >= 0.3 is 0 Å². The molecule has 0 saturated heterocycles. The summed E-state index contributed by atoms with van der Waals surface area (Å²) in [6.07, 6.45) is 0.874. The molecular weight excluding hydrogens is 322 g/mol. The van der Waals surface area contributed by atoms with Crippen LogP contribution in [0, 0.1) is 0 Å². The van der Waals surface area contributed by atoms with Crippen LogP contribution < -0.4 is 5.32 Å². The van der Waals surface area contributed by atoms with Gasteiger partial charge in [-0.1, -0.05) is 11.6 Å². The van der Waals surface area contributed by atoms with Gasteiger partial charge in [-0.05, 0) is 29.0 Å². The van der Waals surface area contributed by atoms with Crippen LogP contribution in [0.2, 0.25) is 5.15 Å². The molecule has 1 N–H and O–H groups in total. The lowest BCUT2D eigenvalue weighted by atomic mass is 10.3. The molecule has 0 bridgehead atoms. The summed E-state index contributed by atoms with van der Waals surface area (Å²) in [4.78, 5) is 5.55. The number of halogens is 2. The fourth-order valence-electron chi connectivity index (χ4n) is 1.67. The van der Waals surface area contributed by atoms with Gasteiger partial charge in [0.1, 0.15) is 5.82 Å². The number of nitrogens with zero attached hydrogens (tertiary/aromatic N) is 2. The molecule has 2 aromatic rings. The van der Waals surface area contributed by atoms with E-state index in [4.69, 9.17) is 11.6 Å². The fraction of sp³-hybridized carbons (Fsp3) is 0.364. The van der Waals surface area contributed by atoms with Crippen molar-refractivity contribution in [2.24, 2.45) is 7.05 Å². The minimum atomic E-state index is 0.577. The van der Waals surface area contributed by atoms with E-state index in [0.717, 1.165) is 33.8 Å². The smallest absolute Gasteiger partial charge is 0.156 e. The van der Waals surface area contributed by atoms with Crippen LogP contribution in [0.5, 0.6) is 0 Å². The monoisotopic (exact) mass is 333 g/mol. The summed E-state index contributed by atoms with van der Waals surface area (Å²) < 4.78 is 3.14. The number of likely N-dealkylation sites (N-methyl/N-ethyl adjacent to an activating group) is 1. The molecule has 0 aromatic carbocycles. The van der Waals surface area contributed by atoms with Crippen molar-refractivity contribution in [3.63, 3.8) is 0 Å². The van der Waals surface area contributed by atoms with Crippen molar-refractivity contribution < 1.29 is 0 Å². The summed E-state index contributed by atoms with van der Waals surface area (Å²) >= 11 is 11.3. The Bertz CT molecular complexity index is 521. The molecule has 0 unspecified atom stereocenters. The fourth-order valence-corrected chi connectivity index (χ4v) is 3.56. The average molecular weight is 335 g/mol. The third-order valence-corrected chi connectivity index (χ3v) is 4.51. The van der Waals surface area contributed by atoms with E-state index < -0.39 is 0 Å². The van der Waals surface area contributed by atoms with Gasteiger partial charge in [0.2, 0.25) is 0 Å². The van der Waals surface area contributed by atoms with Gasteiger partial charge in [0.15, 0.2) is 5.15 Å². The van der Waals surface area contributed by atoms with Crippen LogP contribution in [-0.4, -0.2) is 23.1 Å². The van der Waals surface area contributed by atoms with Crippen molar-refractivity contribution in [3.05, 3.63) is 26.9 Å². The highest BCUT2D eigenvalue weighted by atomic mass is 79.9. The summed E-state index contributed by atoms with van der Waals surface area (Å²) in [5, 5.41) is 5.74. The van der Waals surface area contributed by atoms with E-state index in [9.17, 15) is 0 Å². The largest absolute Gasteiger partial charge is 0.329 e. The molecule has 6 heteroatoms. The SMILES string of the molecule is CNCCc1nc(Cl)c(-c2cc(Br)cs2)n1C. The van der Waals surface area contributed by atoms with Gasteiger partial charge in [-0.2, -0.15) is 0 Å². The molecule has 0 amide bonds. The molecule has 3 nitrogen and oxygen atoms in total. The second-order valence-corrected chi connectivity index (χ2v) is 5.89. The second kappa shape index (κ2) is 5.52. The number of hydrogen-bond acceptors (Lipinski definition) is 3. The Balaban J connectivity index is 2.37. The molecule has 2 rings (SSSR count). The minimum absolute atomic E-state index is 0.577. The zero-order valence-corrected chi connectivity index (χ0v) is 12.8. The molecule has 2 aromatic heterocycles. The van der Waals surface area contributed by atoms with Crippen LogP contribution in [0.1, 0.15) is 5.82 Å². The first-order valence-corrected chi connectivity index (χ1v) is 7.28. The van der Waals surface area contributed by atoms with E-state index in [0.29, 0.717) is 5.15 Å². The van der Waals surface area contributed by atoms with Gasteiger partial charge in [-0.3, -0.25) is 0 Å². The molecule has 17 heavy (non-hydrogen) atoms. The molecule has 0 aliphatic carbocycles. The van der Waals surface area contributed by atoms with E-state index >= 15 is 0 Å². The molecule has 0 spiro atoms. The molecule has 0 aliphatic heterocycles.